The highest BCUT2D eigenvalue weighted by atomic mass is 16.5. The lowest BCUT2D eigenvalue weighted by molar-refractivity contribution is -0.140. The number of carbonyl (C=O) groups excluding carboxylic acids is 2. The molecule has 0 spiro atoms. The molecule has 6 nitrogen and oxygen atoms in total. The number of hydrogen-bond acceptors (Lipinski definition) is 5. The third-order valence-corrected chi connectivity index (χ3v) is 3.13. The Balaban J connectivity index is 1.98. The van der Waals surface area contributed by atoms with Gasteiger partial charge >= 0.3 is 5.97 Å². The molecule has 21 heavy (non-hydrogen) atoms. The molecule has 2 rings (SSSR count). The Hall–Kier alpha value is -2.47. The summed E-state index contributed by atoms with van der Waals surface area (Å²) < 4.78 is 4.51. The van der Waals surface area contributed by atoms with Crippen molar-refractivity contribution in [3.8, 4) is 0 Å². The summed E-state index contributed by atoms with van der Waals surface area (Å²) in [6.45, 7) is 0. The first-order chi connectivity index (χ1) is 10.1. The molecule has 0 saturated carbocycles. The summed E-state index contributed by atoms with van der Waals surface area (Å²) in [5.41, 5.74) is 6.41. The minimum absolute atomic E-state index is 0.120. The summed E-state index contributed by atoms with van der Waals surface area (Å²) >= 11 is 0. The van der Waals surface area contributed by atoms with E-state index in [4.69, 9.17) is 5.73 Å². The molecular formula is C15H17N3O3. The average molecular weight is 287 g/mol. The second-order valence-corrected chi connectivity index (χ2v) is 4.65. The van der Waals surface area contributed by atoms with Crippen LogP contribution in [-0.2, 0) is 14.3 Å². The number of nitrogens with two attached hydrogens (primary N) is 1. The normalized spacial score (nSPS) is 11.9. The molecule has 110 valence electrons. The zero-order valence-electron chi connectivity index (χ0n) is 11.7. The van der Waals surface area contributed by atoms with Gasteiger partial charge in [0.2, 0.25) is 5.91 Å². The van der Waals surface area contributed by atoms with Crippen LogP contribution in [0.2, 0.25) is 0 Å². The van der Waals surface area contributed by atoms with Crippen molar-refractivity contribution in [1.29, 1.82) is 0 Å². The molecule has 0 saturated heterocycles. The number of esters is 1. The van der Waals surface area contributed by atoms with Crippen molar-refractivity contribution in [3.05, 3.63) is 36.7 Å². The molecular weight excluding hydrogens is 270 g/mol. The number of methoxy groups -OCH3 is 1. The summed E-state index contributed by atoms with van der Waals surface area (Å²) in [5.74, 6) is -0.705. The first kappa shape index (κ1) is 14.9. The number of hydrogen-bond donors (Lipinski definition) is 2. The molecule has 1 aromatic carbocycles. The van der Waals surface area contributed by atoms with Crippen molar-refractivity contribution in [2.24, 2.45) is 5.73 Å². The highest BCUT2D eigenvalue weighted by Crippen LogP contribution is 2.18. The number of nitrogens with zero attached hydrogens (tertiary/aromatic N) is 1. The number of amides is 1. The Kier molecular flexibility index (Phi) is 4.84. The Morgan fingerprint density at radius 3 is 2.90 bits per heavy atom. The van der Waals surface area contributed by atoms with Crippen molar-refractivity contribution >= 4 is 28.3 Å². The maximum absolute atomic E-state index is 11.9. The fraction of sp³-hybridized carbons (Fsp3) is 0.267. The van der Waals surface area contributed by atoms with Gasteiger partial charge in [0, 0.05) is 29.9 Å². The minimum atomic E-state index is -0.753. The number of nitrogens with one attached hydrogen (secondary N) is 1. The van der Waals surface area contributed by atoms with Gasteiger partial charge in [-0.05, 0) is 30.0 Å². The number of pyridine rings is 1. The van der Waals surface area contributed by atoms with Gasteiger partial charge in [-0.25, -0.2) is 0 Å². The van der Waals surface area contributed by atoms with Crippen LogP contribution in [0.15, 0.2) is 36.7 Å². The van der Waals surface area contributed by atoms with E-state index in [-0.39, 0.29) is 24.7 Å². The number of carbonyl (C=O) groups is 2. The van der Waals surface area contributed by atoms with Crippen LogP contribution >= 0.6 is 0 Å². The number of aromatic nitrogens is 1. The molecule has 6 heteroatoms. The van der Waals surface area contributed by atoms with Gasteiger partial charge in [0.15, 0.2) is 0 Å². The number of anilines is 1. The zero-order chi connectivity index (χ0) is 15.2. The minimum Gasteiger partial charge on any atom is -0.469 e. The largest absolute Gasteiger partial charge is 0.469 e. The van der Waals surface area contributed by atoms with E-state index in [1.807, 2.05) is 18.2 Å². The van der Waals surface area contributed by atoms with Crippen LogP contribution < -0.4 is 11.1 Å². The smallest absolute Gasteiger partial charge is 0.305 e. The molecule has 1 heterocycles. The first-order valence-electron chi connectivity index (χ1n) is 6.57. The second-order valence-electron chi connectivity index (χ2n) is 4.65. The highest BCUT2D eigenvalue weighted by molar-refractivity contribution is 5.97. The topological polar surface area (TPSA) is 94.3 Å². The van der Waals surface area contributed by atoms with Crippen LogP contribution in [-0.4, -0.2) is 30.0 Å². The molecule has 0 aliphatic carbocycles. The summed E-state index contributed by atoms with van der Waals surface area (Å²) in [4.78, 5) is 27.0. The van der Waals surface area contributed by atoms with E-state index in [2.05, 4.69) is 15.0 Å². The van der Waals surface area contributed by atoms with Crippen LogP contribution in [0.25, 0.3) is 10.8 Å². The van der Waals surface area contributed by atoms with E-state index in [0.717, 1.165) is 10.8 Å². The molecule has 0 bridgehead atoms. The zero-order valence-corrected chi connectivity index (χ0v) is 11.7. The predicted octanol–water partition coefficient (Wildman–Crippen LogP) is 1.45. The molecule has 1 unspecified atom stereocenters. The van der Waals surface area contributed by atoms with Crippen LogP contribution in [0.3, 0.4) is 0 Å². The van der Waals surface area contributed by atoms with Crippen LogP contribution in [0, 0.1) is 0 Å². The first-order valence-corrected chi connectivity index (χ1v) is 6.57. The van der Waals surface area contributed by atoms with Gasteiger partial charge in [0.05, 0.1) is 13.2 Å². The number of fused-ring (bicyclic) bond motifs is 1. The van der Waals surface area contributed by atoms with Gasteiger partial charge in [-0.3, -0.25) is 14.6 Å². The maximum atomic E-state index is 11.9. The van der Waals surface area contributed by atoms with Gasteiger partial charge in [-0.15, -0.1) is 0 Å². The maximum Gasteiger partial charge on any atom is 0.305 e. The molecule has 0 fully saturated rings. The monoisotopic (exact) mass is 287 g/mol. The van der Waals surface area contributed by atoms with E-state index in [9.17, 15) is 9.59 Å². The van der Waals surface area contributed by atoms with Gasteiger partial charge in [-0.2, -0.15) is 0 Å². The molecule has 1 atom stereocenters. The van der Waals surface area contributed by atoms with E-state index in [1.54, 1.807) is 18.5 Å². The molecule has 1 amide bonds. The van der Waals surface area contributed by atoms with Crippen LogP contribution in [0.5, 0.6) is 0 Å². The number of rotatable bonds is 5. The molecule has 0 aliphatic rings. The second kappa shape index (κ2) is 6.81. The number of benzene rings is 1. The van der Waals surface area contributed by atoms with Crippen molar-refractivity contribution in [1.82, 2.24) is 4.98 Å². The fourth-order valence-corrected chi connectivity index (χ4v) is 1.90. The Morgan fingerprint density at radius 1 is 1.33 bits per heavy atom. The van der Waals surface area contributed by atoms with Crippen LogP contribution in [0.1, 0.15) is 12.8 Å². The van der Waals surface area contributed by atoms with Gasteiger partial charge in [0.25, 0.3) is 0 Å². The lowest BCUT2D eigenvalue weighted by Gasteiger charge is -2.12. The van der Waals surface area contributed by atoms with Gasteiger partial charge in [-0.1, -0.05) is 6.07 Å². The fourth-order valence-electron chi connectivity index (χ4n) is 1.90. The summed E-state index contributed by atoms with van der Waals surface area (Å²) in [6, 6.07) is 6.62. The van der Waals surface area contributed by atoms with E-state index < -0.39 is 6.04 Å². The van der Waals surface area contributed by atoms with Gasteiger partial charge in [0.1, 0.15) is 0 Å². The molecule has 0 radical (unpaired) electrons. The molecule has 1 aromatic heterocycles. The van der Waals surface area contributed by atoms with Crippen molar-refractivity contribution < 1.29 is 14.3 Å². The van der Waals surface area contributed by atoms with Crippen molar-refractivity contribution in [2.75, 3.05) is 12.4 Å². The Morgan fingerprint density at radius 2 is 2.14 bits per heavy atom. The highest BCUT2D eigenvalue weighted by Gasteiger charge is 2.15. The number of ether oxygens (including phenoxy) is 1. The van der Waals surface area contributed by atoms with Crippen molar-refractivity contribution in [3.63, 3.8) is 0 Å². The third-order valence-electron chi connectivity index (χ3n) is 3.13. The summed E-state index contributed by atoms with van der Waals surface area (Å²) in [5, 5.41) is 4.71. The quantitative estimate of drug-likeness (QED) is 0.812. The van der Waals surface area contributed by atoms with Crippen molar-refractivity contribution in [2.45, 2.75) is 18.9 Å². The summed E-state index contributed by atoms with van der Waals surface area (Å²) in [6.07, 6.45) is 3.81. The predicted molar refractivity (Wildman–Crippen MR) is 79.6 cm³/mol. The average Bonchev–Trinajstić information content (AvgIpc) is 2.51. The molecule has 2 aromatic rings. The standard InChI is InChI=1S/C15H17N3O3/c1-21-14(19)5-4-13(16)15(20)18-12-3-2-11-9-17-7-6-10(11)8-12/h2-3,6-9,13H,4-5,16H2,1H3,(H,18,20). The van der Waals surface area contributed by atoms with E-state index in [1.165, 1.54) is 7.11 Å². The Labute approximate surface area is 122 Å². The SMILES string of the molecule is COC(=O)CCC(N)C(=O)Nc1ccc2cnccc2c1. The van der Waals surface area contributed by atoms with Gasteiger partial charge < -0.3 is 15.8 Å². The third kappa shape index (κ3) is 4.00. The Bertz CT molecular complexity index is 657. The molecule has 0 aliphatic heterocycles. The lowest BCUT2D eigenvalue weighted by Crippen LogP contribution is -2.36. The van der Waals surface area contributed by atoms with E-state index in [0.29, 0.717) is 5.69 Å². The van der Waals surface area contributed by atoms with E-state index >= 15 is 0 Å². The lowest BCUT2D eigenvalue weighted by atomic mass is 10.1. The summed E-state index contributed by atoms with van der Waals surface area (Å²) in [7, 11) is 1.30. The molecule has 3 N–H and O–H groups in total. The van der Waals surface area contributed by atoms with Crippen LogP contribution in [0.4, 0.5) is 5.69 Å².